The van der Waals surface area contributed by atoms with Gasteiger partial charge in [-0.15, -0.1) is 0 Å². The SMILES string of the molecule is CCCCCCCCOc1ccc(-c2cnc(CCCCCCCC)c(F)n2)cc1. The normalized spacial score (nSPS) is 11.0. The molecule has 0 radical (unpaired) electrons. The number of halogens is 1. The van der Waals surface area contributed by atoms with E-state index in [2.05, 4.69) is 23.8 Å². The summed E-state index contributed by atoms with van der Waals surface area (Å²) >= 11 is 0. The lowest BCUT2D eigenvalue weighted by molar-refractivity contribution is 0.304. The first kappa shape index (κ1) is 24.3. The van der Waals surface area contributed by atoms with Crippen molar-refractivity contribution < 1.29 is 9.13 Å². The Hall–Kier alpha value is -1.97. The highest BCUT2D eigenvalue weighted by atomic mass is 19.1. The molecule has 0 bridgehead atoms. The molecule has 0 unspecified atom stereocenters. The molecule has 3 nitrogen and oxygen atoms in total. The van der Waals surface area contributed by atoms with Crippen molar-refractivity contribution in [1.82, 2.24) is 9.97 Å². The van der Waals surface area contributed by atoms with Gasteiger partial charge in [-0.25, -0.2) is 4.98 Å². The number of unbranched alkanes of at least 4 members (excludes halogenated alkanes) is 10. The van der Waals surface area contributed by atoms with E-state index in [0.717, 1.165) is 37.2 Å². The first-order chi connectivity index (χ1) is 14.7. The molecule has 30 heavy (non-hydrogen) atoms. The fourth-order valence-electron chi connectivity index (χ4n) is 3.57. The number of nitrogens with zero attached hydrogens (tertiary/aromatic N) is 2. The molecule has 4 heteroatoms. The van der Waals surface area contributed by atoms with Crippen LogP contribution in [0.5, 0.6) is 5.75 Å². The van der Waals surface area contributed by atoms with Crippen molar-refractivity contribution in [2.45, 2.75) is 97.3 Å². The highest BCUT2D eigenvalue weighted by molar-refractivity contribution is 5.59. The zero-order valence-corrected chi connectivity index (χ0v) is 19.0. The topological polar surface area (TPSA) is 35.0 Å². The maximum absolute atomic E-state index is 14.4. The molecule has 166 valence electrons. The summed E-state index contributed by atoms with van der Waals surface area (Å²) in [6.07, 6.45) is 17.0. The molecule has 2 rings (SSSR count). The molecule has 0 atom stereocenters. The van der Waals surface area contributed by atoms with Crippen LogP contribution in [0.15, 0.2) is 30.5 Å². The van der Waals surface area contributed by atoms with Crippen molar-refractivity contribution in [3.05, 3.63) is 42.1 Å². The predicted octanol–water partition coefficient (Wildman–Crippen LogP) is 7.93. The summed E-state index contributed by atoms with van der Waals surface area (Å²) in [6.45, 7) is 5.19. The van der Waals surface area contributed by atoms with Gasteiger partial charge in [0.1, 0.15) is 5.75 Å². The largest absolute Gasteiger partial charge is 0.494 e. The van der Waals surface area contributed by atoms with E-state index in [-0.39, 0.29) is 0 Å². The number of benzene rings is 1. The van der Waals surface area contributed by atoms with Crippen molar-refractivity contribution in [2.24, 2.45) is 0 Å². The first-order valence-corrected chi connectivity index (χ1v) is 12.0. The van der Waals surface area contributed by atoms with Crippen LogP contribution in [0.4, 0.5) is 4.39 Å². The third-order valence-electron chi connectivity index (χ3n) is 5.48. The van der Waals surface area contributed by atoms with E-state index in [9.17, 15) is 4.39 Å². The van der Waals surface area contributed by atoms with E-state index < -0.39 is 5.95 Å². The standard InChI is InChI=1S/C26H39FN2O/c1-3-5-7-9-11-13-15-24-26(27)29-25(21-28-24)22-16-18-23(19-17-22)30-20-14-12-10-8-6-4-2/h16-19,21H,3-15,20H2,1-2H3. The molecule has 0 fully saturated rings. The summed E-state index contributed by atoms with van der Waals surface area (Å²) in [5, 5.41) is 0. The summed E-state index contributed by atoms with van der Waals surface area (Å²) in [6, 6.07) is 7.70. The number of hydrogen-bond acceptors (Lipinski definition) is 3. The minimum absolute atomic E-state index is 0.440. The van der Waals surface area contributed by atoms with Crippen LogP contribution in [0.25, 0.3) is 11.3 Å². The van der Waals surface area contributed by atoms with Gasteiger partial charge in [0.15, 0.2) is 0 Å². The van der Waals surface area contributed by atoms with Gasteiger partial charge in [0.25, 0.3) is 0 Å². The molecule has 0 saturated carbocycles. The Kier molecular flexibility index (Phi) is 12.1. The second kappa shape index (κ2) is 14.9. The van der Waals surface area contributed by atoms with E-state index in [0.29, 0.717) is 17.8 Å². The quantitative estimate of drug-likeness (QED) is 0.262. The van der Waals surface area contributed by atoms with Gasteiger partial charge >= 0.3 is 0 Å². The predicted molar refractivity (Wildman–Crippen MR) is 123 cm³/mol. The van der Waals surface area contributed by atoms with Crippen LogP contribution in [-0.2, 0) is 6.42 Å². The van der Waals surface area contributed by atoms with E-state index in [1.807, 2.05) is 24.3 Å². The van der Waals surface area contributed by atoms with Crippen molar-refractivity contribution in [2.75, 3.05) is 6.61 Å². The third kappa shape index (κ3) is 9.23. The zero-order valence-electron chi connectivity index (χ0n) is 19.0. The van der Waals surface area contributed by atoms with E-state index in [4.69, 9.17) is 4.74 Å². The Balaban J connectivity index is 1.75. The van der Waals surface area contributed by atoms with Gasteiger partial charge in [-0.1, -0.05) is 78.1 Å². The van der Waals surface area contributed by atoms with Gasteiger partial charge in [-0.2, -0.15) is 4.39 Å². The summed E-state index contributed by atoms with van der Waals surface area (Å²) in [7, 11) is 0. The molecule has 0 aliphatic rings. The molecule has 2 aromatic rings. The van der Waals surface area contributed by atoms with Gasteiger partial charge in [0, 0.05) is 5.56 Å². The molecule has 0 saturated heterocycles. The van der Waals surface area contributed by atoms with Crippen LogP contribution >= 0.6 is 0 Å². The molecular weight excluding hydrogens is 375 g/mol. The van der Waals surface area contributed by atoms with Crippen molar-refractivity contribution in [3.8, 4) is 17.0 Å². The van der Waals surface area contributed by atoms with Gasteiger partial charge in [0.2, 0.25) is 5.95 Å². The molecule has 1 heterocycles. The van der Waals surface area contributed by atoms with Gasteiger partial charge < -0.3 is 4.74 Å². The highest BCUT2D eigenvalue weighted by Crippen LogP contribution is 2.22. The fraction of sp³-hybridized carbons (Fsp3) is 0.615. The lowest BCUT2D eigenvalue weighted by Gasteiger charge is -2.08. The van der Waals surface area contributed by atoms with E-state index in [1.165, 1.54) is 57.8 Å². The molecule has 0 aliphatic carbocycles. The maximum Gasteiger partial charge on any atom is 0.235 e. The molecule has 0 amide bonds. The van der Waals surface area contributed by atoms with E-state index >= 15 is 0 Å². The van der Waals surface area contributed by atoms with Crippen LogP contribution in [0, 0.1) is 5.95 Å². The highest BCUT2D eigenvalue weighted by Gasteiger charge is 2.09. The molecule has 1 aromatic carbocycles. The minimum atomic E-state index is -0.440. The number of rotatable bonds is 16. The Morgan fingerprint density at radius 1 is 0.767 bits per heavy atom. The van der Waals surface area contributed by atoms with Crippen molar-refractivity contribution in [3.63, 3.8) is 0 Å². The van der Waals surface area contributed by atoms with Gasteiger partial charge in [-0.05, 0) is 43.5 Å². The van der Waals surface area contributed by atoms with Crippen LogP contribution in [0.1, 0.15) is 96.6 Å². The van der Waals surface area contributed by atoms with Crippen LogP contribution < -0.4 is 4.74 Å². The molecule has 0 N–H and O–H groups in total. The molecule has 0 aliphatic heterocycles. The van der Waals surface area contributed by atoms with E-state index in [1.54, 1.807) is 6.20 Å². The van der Waals surface area contributed by atoms with Crippen LogP contribution in [0.2, 0.25) is 0 Å². The average Bonchev–Trinajstić information content (AvgIpc) is 2.77. The summed E-state index contributed by atoms with van der Waals surface area (Å²) in [5.41, 5.74) is 1.91. The molecule has 0 spiro atoms. The number of ether oxygens (including phenoxy) is 1. The first-order valence-electron chi connectivity index (χ1n) is 12.0. The molecular formula is C26H39FN2O. The Labute approximate surface area is 182 Å². The Bertz CT molecular complexity index is 703. The second-order valence-corrected chi connectivity index (χ2v) is 8.15. The van der Waals surface area contributed by atoms with Crippen molar-refractivity contribution >= 4 is 0 Å². The smallest absolute Gasteiger partial charge is 0.235 e. The number of aryl methyl sites for hydroxylation is 1. The zero-order chi connectivity index (χ0) is 21.4. The van der Waals surface area contributed by atoms with Gasteiger partial charge in [-0.3, -0.25) is 4.98 Å². The summed E-state index contributed by atoms with van der Waals surface area (Å²) in [5.74, 6) is 0.407. The van der Waals surface area contributed by atoms with Gasteiger partial charge in [0.05, 0.1) is 24.2 Å². The summed E-state index contributed by atoms with van der Waals surface area (Å²) < 4.78 is 20.2. The van der Waals surface area contributed by atoms with Crippen LogP contribution in [-0.4, -0.2) is 16.6 Å². The van der Waals surface area contributed by atoms with Crippen LogP contribution in [0.3, 0.4) is 0 Å². The summed E-state index contributed by atoms with van der Waals surface area (Å²) in [4.78, 5) is 8.48. The second-order valence-electron chi connectivity index (χ2n) is 8.15. The number of aromatic nitrogens is 2. The Morgan fingerprint density at radius 3 is 2.00 bits per heavy atom. The Morgan fingerprint density at radius 2 is 1.37 bits per heavy atom. The average molecular weight is 415 g/mol. The number of hydrogen-bond donors (Lipinski definition) is 0. The fourth-order valence-corrected chi connectivity index (χ4v) is 3.57. The lowest BCUT2D eigenvalue weighted by Crippen LogP contribution is -2.01. The lowest BCUT2D eigenvalue weighted by atomic mass is 10.1. The third-order valence-corrected chi connectivity index (χ3v) is 5.48. The maximum atomic E-state index is 14.4. The molecule has 1 aromatic heterocycles. The monoisotopic (exact) mass is 414 g/mol. The minimum Gasteiger partial charge on any atom is -0.494 e. The van der Waals surface area contributed by atoms with Crippen molar-refractivity contribution in [1.29, 1.82) is 0 Å².